The van der Waals surface area contributed by atoms with E-state index in [0.29, 0.717) is 39.5 Å². The standard InChI is InChI=1S/C20H21N3O4.ClH/c1-5-27-20(24)15-11-21-19-14(8-6-12(2)22-19)18(15)23-16-10-13(25-3)7-9-17(16)26-4;/h6-11H,5H2,1-4H3,(H,21,22,23);1H. The first-order valence-corrected chi connectivity index (χ1v) is 8.50. The molecule has 0 bridgehead atoms. The fraction of sp³-hybridized carbons (Fsp3) is 0.250. The molecule has 3 aromatic rings. The fourth-order valence-electron chi connectivity index (χ4n) is 2.72. The molecule has 0 aliphatic rings. The van der Waals surface area contributed by atoms with Crippen LogP contribution < -0.4 is 14.8 Å². The monoisotopic (exact) mass is 403 g/mol. The second-order valence-corrected chi connectivity index (χ2v) is 5.78. The number of anilines is 2. The lowest BCUT2D eigenvalue weighted by Crippen LogP contribution is -2.10. The number of nitrogens with one attached hydrogen (secondary N) is 1. The van der Waals surface area contributed by atoms with Crippen molar-refractivity contribution >= 4 is 40.8 Å². The van der Waals surface area contributed by atoms with Crippen molar-refractivity contribution < 1.29 is 19.0 Å². The molecule has 2 aromatic heterocycles. The van der Waals surface area contributed by atoms with Crippen LogP contribution in [-0.2, 0) is 4.74 Å². The zero-order chi connectivity index (χ0) is 19.4. The predicted molar refractivity (Wildman–Crippen MR) is 110 cm³/mol. The van der Waals surface area contributed by atoms with Gasteiger partial charge in [-0.25, -0.2) is 14.8 Å². The Labute approximate surface area is 169 Å². The van der Waals surface area contributed by atoms with E-state index in [4.69, 9.17) is 14.2 Å². The van der Waals surface area contributed by atoms with E-state index in [0.717, 1.165) is 5.69 Å². The summed E-state index contributed by atoms with van der Waals surface area (Å²) in [5.74, 6) is 0.802. The zero-order valence-corrected chi connectivity index (χ0v) is 16.9. The largest absolute Gasteiger partial charge is 0.497 e. The number of pyridine rings is 2. The van der Waals surface area contributed by atoms with Crippen LogP contribution in [0.4, 0.5) is 11.4 Å². The minimum Gasteiger partial charge on any atom is -0.497 e. The Balaban J connectivity index is 0.00000280. The Morgan fingerprint density at radius 2 is 1.93 bits per heavy atom. The summed E-state index contributed by atoms with van der Waals surface area (Å²) >= 11 is 0. The number of nitrogens with zero attached hydrogens (tertiary/aromatic N) is 2. The SMILES string of the molecule is CCOC(=O)c1cnc2nc(C)ccc2c1Nc1cc(OC)ccc1OC.Cl. The molecule has 7 nitrogen and oxygen atoms in total. The number of rotatable bonds is 6. The summed E-state index contributed by atoms with van der Waals surface area (Å²) in [6, 6.07) is 9.12. The molecule has 0 amide bonds. The van der Waals surface area contributed by atoms with Crippen LogP contribution in [0.5, 0.6) is 11.5 Å². The van der Waals surface area contributed by atoms with Crippen molar-refractivity contribution in [2.75, 3.05) is 26.1 Å². The molecule has 0 unspecified atom stereocenters. The maximum absolute atomic E-state index is 12.5. The van der Waals surface area contributed by atoms with Crippen LogP contribution in [0.25, 0.3) is 11.0 Å². The third kappa shape index (κ3) is 4.26. The molecule has 0 atom stereocenters. The number of ether oxygens (including phenoxy) is 3. The number of hydrogen-bond acceptors (Lipinski definition) is 7. The number of methoxy groups -OCH3 is 2. The van der Waals surface area contributed by atoms with E-state index in [-0.39, 0.29) is 19.0 Å². The maximum Gasteiger partial charge on any atom is 0.341 e. The van der Waals surface area contributed by atoms with E-state index in [2.05, 4.69) is 15.3 Å². The second-order valence-electron chi connectivity index (χ2n) is 5.78. The summed E-state index contributed by atoms with van der Waals surface area (Å²) in [7, 11) is 3.17. The van der Waals surface area contributed by atoms with E-state index in [1.807, 2.05) is 19.1 Å². The Kier molecular flexibility index (Phi) is 7.00. The number of benzene rings is 1. The lowest BCUT2D eigenvalue weighted by molar-refractivity contribution is 0.0527. The van der Waals surface area contributed by atoms with Crippen molar-refractivity contribution in [3.8, 4) is 11.5 Å². The molecular formula is C20H22ClN3O4. The minimum absolute atomic E-state index is 0. The number of fused-ring (bicyclic) bond motifs is 1. The van der Waals surface area contributed by atoms with Crippen LogP contribution in [0.1, 0.15) is 23.0 Å². The molecule has 1 aromatic carbocycles. The number of aryl methyl sites for hydroxylation is 1. The second kappa shape index (κ2) is 9.23. The van der Waals surface area contributed by atoms with Crippen molar-refractivity contribution in [3.05, 3.63) is 47.8 Å². The van der Waals surface area contributed by atoms with Crippen molar-refractivity contribution in [1.82, 2.24) is 9.97 Å². The van der Waals surface area contributed by atoms with E-state index in [9.17, 15) is 4.79 Å². The minimum atomic E-state index is -0.461. The van der Waals surface area contributed by atoms with Gasteiger partial charge in [-0.2, -0.15) is 0 Å². The van der Waals surface area contributed by atoms with Crippen LogP contribution in [0.2, 0.25) is 0 Å². The Hall–Kier alpha value is -3.06. The van der Waals surface area contributed by atoms with Gasteiger partial charge in [0.25, 0.3) is 0 Å². The number of hydrogen-bond donors (Lipinski definition) is 1. The first-order valence-electron chi connectivity index (χ1n) is 8.50. The maximum atomic E-state index is 12.5. The summed E-state index contributed by atoms with van der Waals surface area (Å²) in [6.45, 7) is 3.92. The number of carbonyl (C=O) groups excluding carboxylic acids is 1. The van der Waals surface area contributed by atoms with Crippen LogP contribution in [0.15, 0.2) is 36.5 Å². The average molecular weight is 404 g/mol. The third-order valence-corrected chi connectivity index (χ3v) is 4.03. The van der Waals surface area contributed by atoms with Crippen LogP contribution >= 0.6 is 12.4 Å². The molecule has 148 valence electrons. The van der Waals surface area contributed by atoms with Crippen molar-refractivity contribution in [2.24, 2.45) is 0 Å². The smallest absolute Gasteiger partial charge is 0.341 e. The molecule has 8 heteroatoms. The topological polar surface area (TPSA) is 82.6 Å². The molecule has 1 N–H and O–H groups in total. The molecule has 0 radical (unpaired) electrons. The van der Waals surface area contributed by atoms with Gasteiger partial charge in [0.15, 0.2) is 5.65 Å². The van der Waals surface area contributed by atoms with Crippen LogP contribution in [0.3, 0.4) is 0 Å². The van der Waals surface area contributed by atoms with Gasteiger partial charge in [-0.15, -0.1) is 12.4 Å². The third-order valence-electron chi connectivity index (χ3n) is 4.03. The van der Waals surface area contributed by atoms with E-state index >= 15 is 0 Å². The van der Waals surface area contributed by atoms with Gasteiger partial charge in [0.1, 0.15) is 17.1 Å². The number of aromatic nitrogens is 2. The van der Waals surface area contributed by atoms with E-state index < -0.39 is 5.97 Å². The normalized spacial score (nSPS) is 10.1. The zero-order valence-electron chi connectivity index (χ0n) is 16.1. The molecule has 0 spiro atoms. The summed E-state index contributed by atoms with van der Waals surface area (Å²) < 4.78 is 15.9. The van der Waals surface area contributed by atoms with Gasteiger partial charge < -0.3 is 19.5 Å². The average Bonchev–Trinajstić information content (AvgIpc) is 2.68. The van der Waals surface area contributed by atoms with E-state index in [1.54, 1.807) is 39.3 Å². The molecular weight excluding hydrogens is 382 g/mol. The van der Waals surface area contributed by atoms with Gasteiger partial charge >= 0.3 is 5.97 Å². The summed E-state index contributed by atoms with van der Waals surface area (Å²) in [4.78, 5) is 21.2. The molecule has 0 aliphatic carbocycles. The Morgan fingerprint density at radius 3 is 2.61 bits per heavy atom. The van der Waals surface area contributed by atoms with Crippen molar-refractivity contribution in [1.29, 1.82) is 0 Å². The number of halogens is 1. The first kappa shape index (κ1) is 21.2. The highest BCUT2D eigenvalue weighted by Gasteiger charge is 2.19. The van der Waals surface area contributed by atoms with Crippen LogP contribution in [0, 0.1) is 6.92 Å². The molecule has 0 fully saturated rings. The number of carbonyl (C=O) groups is 1. The van der Waals surface area contributed by atoms with E-state index in [1.165, 1.54) is 6.20 Å². The van der Waals surface area contributed by atoms with Crippen molar-refractivity contribution in [3.63, 3.8) is 0 Å². The molecule has 0 aliphatic heterocycles. The number of esters is 1. The van der Waals surface area contributed by atoms with Gasteiger partial charge in [-0.1, -0.05) is 0 Å². The highest BCUT2D eigenvalue weighted by molar-refractivity contribution is 6.05. The highest BCUT2D eigenvalue weighted by Crippen LogP contribution is 2.35. The Bertz CT molecular complexity index is 995. The van der Waals surface area contributed by atoms with Gasteiger partial charge in [0.2, 0.25) is 0 Å². The summed E-state index contributed by atoms with van der Waals surface area (Å²) in [6.07, 6.45) is 1.47. The van der Waals surface area contributed by atoms with Gasteiger partial charge in [-0.3, -0.25) is 0 Å². The van der Waals surface area contributed by atoms with Gasteiger partial charge in [0, 0.05) is 23.3 Å². The van der Waals surface area contributed by atoms with Crippen molar-refractivity contribution in [2.45, 2.75) is 13.8 Å². The molecule has 3 rings (SSSR count). The fourth-order valence-corrected chi connectivity index (χ4v) is 2.72. The van der Waals surface area contributed by atoms with Crippen LogP contribution in [-0.4, -0.2) is 36.8 Å². The quantitative estimate of drug-likeness (QED) is 0.614. The highest BCUT2D eigenvalue weighted by atomic mass is 35.5. The van der Waals surface area contributed by atoms with Gasteiger partial charge in [0.05, 0.1) is 32.2 Å². The summed E-state index contributed by atoms with van der Waals surface area (Å²) in [5, 5.41) is 3.99. The molecule has 28 heavy (non-hydrogen) atoms. The van der Waals surface area contributed by atoms with Gasteiger partial charge in [-0.05, 0) is 38.1 Å². The summed E-state index contributed by atoms with van der Waals surface area (Å²) in [5.41, 5.74) is 2.89. The lowest BCUT2D eigenvalue weighted by Gasteiger charge is -2.16. The Morgan fingerprint density at radius 1 is 1.14 bits per heavy atom. The molecule has 2 heterocycles. The lowest BCUT2D eigenvalue weighted by atomic mass is 10.1. The predicted octanol–water partition coefficient (Wildman–Crippen LogP) is 4.30. The molecule has 0 saturated carbocycles. The molecule has 0 saturated heterocycles. The first-order chi connectivity index (χ1) is 13.1.